The Morgan fingerprint density at radius 2 is 1.77 bits per heavy atom. The minimum absolute atomic E-state index is 0.0703. The van der Waals surface area contributed by atoms with Gasteiger partial charge in [0.2, 0.25) is 0 Å². The first-order valence-electron chi connectivity index (χ1n) is 4.63. The molecule has 1 unspecified atom stereocenters. The summed E-state index contributed by atoms with van der Waals surface area (Å²) in [4.78, 5) is 0. The van der Waals surface area contributed by atoms with Gasteiger partial charge in [-0.25, -0.2) is 4.67 Å². The fourth-order valence-corrected chi connectivity index (χ4v) is 2.35. The van der Waals surface area contributed by atoms with Crippen LogP contribution in [0.1, 0.15) is 27.7 Å². The van der Waals surface area contributed by atoms with Gasteiger partial charge in [-0.3, -0.25) is 4.57 Å². The summed E-state index contributed by atoms with van der Waals surface area (Å²) in [5.41, 5.74) is 0.0703. The SMILES string of the molecule is CCP(=O)(OCC(C)(C)C)N(C)C. The summed E-state index contributed by atoms with van der Waals surface area (Å²) in [7, 11) is 1.06. The van der Waals surface area contributed by atoms with Crippen molar-refractivity contribution < 1.29 is 9.09 Å². The van der Waals surface area contributed by atoms with Crippen LogP contribution in [-0.4, -0.2) is 31.5 Å². The molecule has 0 saturated heterocycles. The highest BCUT2D eigenvalue weighted by atomic mass is 31.2. The Labute approximate surface area is 82.0 Å². The third kappa shape index (κ3) is 4.80. The summed E-state index contributed by atoms with van der Waals surface area (Å²) in [6.07, 6.45) is 0.566. The smallest absolute Gasteiger partial charge is 0.271 e. The van der Waals surface area contributed by atoms with Crippen molar-refractivity contribution in [3.63, 3.8) is 0 Å². The van der Waals surface area contributed by atoms with E-state index in [0.29, 0.717) is 12.8 Å². The molecule has 0 aliphatic rings. The van der Waals surface area contributed by atoms with Gasteiger partial charge in [0.25, 0.3) is 7.52 Å². The van der Waals surface area contributed by atoms with Gasteiger partial charge in [-0.1, -0.05) is 27.7 Å². The molecule has 0 aromatic rings. The van der Waals surface area contributed by atoms with E-state index in [0.717, 1.165) is 0 Å². The molecule has 0 N–H and O–H groups in total. The van der Waals surface area contributed by atoms with Crippen LogP contribution in [0.4, 0.5) is 0 Å². The van der Waals surface area contributed by atoms with Crippen molar-refractivity contribution >= 4 is 7.52 Å². The zero-order valence-corrected chi connectivity index (χ0v) is 10.5. The van der Waals surface area contributed by atoms with Crippen LogP contribution < -0.4 is 0 Å². The summed E-state index contributed by atoms with van der Waals surface area (Å²) in [6.45, 7) is 8.65. The minimum atomic E-state index is -2.54. The quantitative estimate of drug-likeness (QED) is 0.664. The Bertz CT molecular complexity index is 196. The van der Waals surface area contributed by atoms with Gasteiger partial charge in [0, 0.05) is 6.16 Å². The summed E-state index contributed by atoms with van der Waals surface area (Å²) in [5, 5.41) is 0. The average Bonchev–Trinajstić information content (AvgIpc) is 1.98. The highest BCUT2D eigenvalue weighted by molar-refractivity contribution is 7.56. The van der Waals surface area contributed by atoms with E-state index in [2.05, 4.69) is 20.8 Å². The van der Waals surface area contributed by atoms with Crippen molar-refractivity contribution in [1.29, 1.82) is 0 Å². The Morgan fingerprint density at radius 1 is 1.31 bits per heavy atom. The molecule has 0 heterocycles. The van der Waals surface area contributed by atoms with Crippen LogP contribution in [0.3, 0.4) is 0 Å². The molecule has 0 saturated carbocycles. The summed E-state index contributed by atoms with van der Waals surface area (Å²) >= 11 is 0. The van der Waals surface area contributed by atoms with E-state index in [1.165, 1.54) is 0 Å². The molecular formula is C9H22NO2P. The molecule has 1 atom stereocenters. The van der Waals surface area contributed by atoms with Gasteiger partial charge < -0.3 is 4.52 Å². The lowest BCUT2D eigenvalue weighted by Crippen LogP contribution is -2.19. The highest BCUT2D eigenvalue weighted by Crippen LogP contribution is 2.49. The summed E-state index contributed by atoms with van der Waals surface area (Å²) < 4.78 is 19.2. The van der Waals surface area contributed by atoms with Gasteiger partial charge in [0.05, 0.1) is 6.61 Å². The second kappa shape index (κ2) is 4.59. The number of nitrogens with zero attached hydrogens (tertiary/aromatic N) is 1. The van der Waals surface area contributed by atoms with E-state index in [9.17, 15) is 4.57 Å². The minimum Gasteiger partial charge on any atom is -0.317 e. The van der Waals surface area contributed by atoms with Gasteiger partial charge >= 0.3 is 0 Å². The van der Waals surface area contributed by atoms with Crippen LogP contribution in [-0.2, 0) is 9.09 Å². The van der Waals surface area contributed by atoms with Crippen LogP contribution in [0.15, 0.2) is 0 Å². The molecule has 0 amide bonds. The van der Waals surface area contributed by atoms with Crippen molar-refractivity contribution in [2.24, 2.45) is 5.41 Å². The Kier molecular flexibility index (Phi) is 4.64. The molecule has 0 aliphatic carbocycles. The summed E-state index contributed by atoms with van der Waals surface area (Å²) in [6, 6.07) is 0. The van der Waals surface area contributed by atoms with Crippen molar-refractivity contribution in [1.82, 2.24) is 4.67 Å². The number of hydrogen-bond donors (Lipinski definition) is 0. The molecule has 0 aromatic heterocycles. The standard InChI is InChI=1S/C9H22NO2P/c1-7-13(11,10(5)6)12-8-9(2,3)4/h7-8H2,1-6H3. The largest absolute Gasteiger partial charge is 0.317 e. The van der Waals surface area contributed by atoms with Crippen LogP contribution in [0.25, 0.3) is 0 Å². The average molecular weight is 207 g/mol. The predicted octanol–water partition coefficient (Wildman–Crippen LogP) is 2.82. The van der Waals surface area contributed by atoms with E-state index in [-0.39, 0.29) is 5.41 Å². The van der Waals surface area contributed by atoms with Crippen molar-refractivity contribution in [2.45, 2.75) is 27.7 Å². The second-order valence-corrected chi connectivity index (χ2v) is 7.60. The highest BCUT2D eigenvalue weighted by Gasteiger charge is 2.26. The molecule has 13 heavy (non-hydrogen) atoms. The van der Waals surface area contributed by atoms with Crippen LogP contribution in [0, 0.1) is 5.41 Å². The molecule has 0 rings (SSSR count). The molecule has 80 valence electrons. The molecular weight excluding hydrogens is 185 g/mol. The fourth-order valence-electron chi connectivity index (χ4n) is 0.784. The van der Waals surface area contributed by atoms with Crippen molar-refractivity contribution in [3.8, 4) is 0 Å². The maximum absolute atomic E-state index is 12.0. The Morgan fingerprint density at radius 3 is 2.00 bits per heavy atom. The molecule has 4 heteroatoms. The van der Waals surface area contributed by atoms with Crippen LogP contribution >= 0.6 is 7.52 Å². The van der Waals surface area contributed by atoms with Gasteiger partial charge in [0.1, 0.15) is 0 Å². The van der Waals surface area contributed by atoms with Crippen molar-refractivity contribution in [2.75, 3.05) is 26.9 Å². The van der Waals surface area contributed by atoms with Gasteiger partial charge in [-0.05, 0) is 19.5 Å². The molecule has 0 fully saturated rings. The number of rotatable bonds is 4. The Hall–Kier alpha value is 0.150. The third-order valence-electron chi connectivity index (χ3n) is 1.71. The molecule has 0 aliphatic heterocycles. The zero-order chi connectivity index (χ0) is 10.7. The monoisotopic (exact) mass is 207 g/mol. The molecule has 0 spiro atoms. The predicted molar refractivity (Wildman–Crippen MR) is 57.2 cm³/mol. The lowest BCUT2D eigenvalue weighted by molar-refractivity contribution is 0.186. The first kappa shape index (κ1) is 13.2. The fraction of sp³-hybridized carbons (Fsp3) is 1.00. The maximum atomic E-state index is 12.0. The second-order valence-electron chi connectivity index (χ2n) is 4.63. The summed E-state index contributed by atoms with van der Waals surface area (Å²) in [5.74, 6) is 0. The molecule has 0 bridgehead atoms. The van der Waals surface area contributed by atoms with Gasteiger partial charge in [-0.15, -0.1) is 0 Å². The Balaban J connectivity index is 4.23. The van der Waals surface area contributed by atoms with Crippen LogP contribution in [0.2, 0.25) is 0 Å². The van der Waals surface area contributed by atoms with Gasteiger partial charge in [0.15, 0.2) is 0 Å². The lowest BCUT2D eigenvalue weighted by Gasteiger charge is -2.27. The zero-order valence-electron chi connectivity index (χ0n) is 9.63. The van der Waals surface area contributed by atoms with Crippen molar-refractivity contribution in [3.05, 3.63) is 0 Å². The van der Waals surface area contributed by atoms with E-state index in [1.807, 2.05) is 6.92 Å². The van der Waals surface area contributed by atoms with Gasteiger partial charge in [-0.2, -0.15) is 0 Å². The molecule has 3 nitrogen and oxygen atoms in total. The molecule has 0 radical (unpaired) electrons. The molecule has 0 aromatic carbocycles. The maximum Gasteiger partial charge on any atom is 0.271 e. The normalized spacial score (nSPS) is 17.5. The van der Waals surface area contributed by atoms with Crippen LogP contribution in [0.5, 0.6) is 0 Å². The first-order valence-corrected chi connectivity index (χ1v) is 6.39. The topological polar surface area (TPSA) is 29.5 Å². The van der Waals surface area contributed by atoms with E-state index in [4.69, 9.17) is 4.52 Å². The number of hydrogen-bond acceptors (Lipinski definition) is 2. The van der Waals surface area contributed by atoms with E-state index < -0.39 is 7.52 Å². The van der Waals surface area contributed by atoms with E-state index >= 15 is 0 Å². The third-order valence-corrected chi connectivity index (χ3v) is 4.26. The first-order chi connectivity index (χ1) is 5.71. The lowest BCUT2D eigenvalue weighted by atomic mass is 9.99. The van der Waals surface area contributed by atoms with E-state index in [1.54, 1.807) is 18.8 Å².